The molecule has 1 aliphatic rings. The molecule has 26 heavy (non-hydrogen) atoms. The third kappa shape index (κ3) is 3.89. The van der Waals surface area contributed by atoms with Gasteiger partial charge in [0.25, 0.3) is 0 Å². The maximum atomic E-state index is 12.7. The van der Waals surface area contributed by atoms with Gasteiger partial charge in [0.05, 0.1) is 0 Å². The van der Waals surface area contributed by atoms with Crippen molar-refractivity contribution < 1.29 is 17.9 Å². The van der Waals surface area contributed by atoms with Gasteiger partial charge < -0.3 is 10.5 Å². The molecule has 0 amide bonds. The maximum Gasteiger partial charge on any atom is 0.433 e. The second-order valence-corrected chi connectivity index (χ2v) is 5.66. The van der Waals surface area contributed by atoms with Crippen LogP contribution in [0.3, 0.4) is 0 Å². The topological polar surface area (TPSA) is 89.8 Å². The second-order valence-electron chi connectivity index (χ2n) is 5.28. The smallest absolute Gasteiger partial charge is 0.433 e. The zero-order valence-electron chi connectivity index (χ0n) is 13.1. The highest BCUT2D eigenvalue weighted by Gasteiger charge is 2.32. The largest absolute Gasteiger partial charge is 0.457 e. The van der Waals surface area contributed by atoms with E-state index in [4.69, 9.17) is 27.8 Å². The number of ether oxygens (including phenoxy) is 1. The molecule has 0 saturated heterocycles. The van der Waals surface area contributed by atoms with E-state index in [0.29, 0.717) is 16.6 Å². The first-order valence-corrected chi connectivity index (χ1v) is 7.68. The van der Waals surface area contributed by atoms with Crippen molar-refractivity contribution in [2.75, 3.05) is 4.90 Å². The number of rotatable bonds is 3. The standard InChI is InChI=1S/C16H13ClF3N5O/c17-13-8-14(21)24-15(22)25(13)9-1-3-10(4-2-9)26-11-5-6-23-12(7-11)16(18,19)20/h1-8,15H,22H2,(H2,21,24). The van der Waals surface area contributed by atoms with Crippen molar-refractivity contribution in [2.45, 2.75) is 12.5 Å². The summed E-state index contributed by atoms with van der Waals surface area (Å²) in [7, 11) is 0. The lowest BCUT2D eigenvalue weighted by Gasteiger charge is -2.30. The SMILES string of the molecule is NC1=NC(N)N(c2ccc(Oc3ccnc(C(F)(F)F)c3)cc2)C(Cl)=C1. The first-order chi connectivity index (χ1) is 12.2. The van der Waals surface area contributed by atoms with Gasteiger partial charge in [-0.25, -0.2) is 4.99 Å². The average Bonchev–Trinajstić information content (AvgIpc) is 2.55. The molecule has 1 aromatic carbocycles. The van der Waals surface area contributed by atoms with Gasteiger partial charge in [0.15, 0.2) is 6.29 Å². The van der Waals surface area contributed by atoms with Gasteiger partial charge in [0, 0.05) is 24.0 Å². The Morgan fingerprint density at radius 2 is 1.81 bits per heavy atom. The zero-order valence-corrected chi connectivity index (χ0v) is 13.9. The van der Waals surface area contributed by atoms with E-state index in [1.54, 1.807) is 24.3 Å². The average molecular weight is 384 g/mol. The normalized spacial score (nSPS) is 17.6. The number of anilines is 1. The number of hydrogen-bond acceptors (Lipinski definition) is 6. The van der Waals surface area contributed by atoms with Crippen LogP contribution in [0.1, 0.15) is 5.69 Å². The van der Waals surface area contributed by atoms with Crippen molar-refractivity contribution in [1.29, 1.82) is 0 Å². The molecule has 3 rings (SSSR count). The molecule has 0 bridgehead atoms. The van der Waals surface area contributed by atoms with E-state index in [0.717, 1.165) is 12.3 Å². The van der Waals surface area contributed by atoms with E-state index in [1.165, 1.54) is 17.0 Å². The highest BCUT2D eigenvalue weighted by atomic mass is 35.5. The Kier molecular flexibility index (Phi) is 4.75. The minimum absolute atomic E-state index is 0.0186. The van der Waals surface area contributed by atoms with E-state index in [-0.39, 0.29) is 11.6 Å². The number of nitrogens with two attached hydrogens (primary N) is 2. The number of pyridine rings is 1. The predicted octanol–water partition coefficient (Wildman–Crippen LogP) is 3.39. The summed E-state index contributed by atoms with van der Waals surface area (Å²) in [6.07, 6.45) is -2.83. The number of aromatic nitrogens is 1. The molecule has 0 fully saturated rings. The quantitative estimate of drug-likeness (QED) is 0.793. The number of benzene rings is 1. The van der Waals surface area contributed by atoms with Crippen LogP contribution < -0.4 is 21.1 Å². The van der Waals surface area contributed by atoms with Crippen LogP contribution in [0.4, 0.5) is 18.9 Å². The Hall–Kier alpha value is -2.78. The van der Waals surface area contributed by atoms with Crippen LogP contribution in [0.15, 0.2) is 58.8 Å². The third-order valence-electron chi connectivity index (χ3n) is 3.42. The fourth-order valence-electron chi connectivity index (χ4n) is 2.28. The van der Waals surface area contributed by atoms with Gasteiger partial charge in [-0.1, -0.05) is 11.6 Å². The van der Waals surface area contributed by atoms with Gasteiger partial charge in [-0.2, -0.15) is 13.2 Å². The van der Waals surface area contributed by atoms with Crippen molar-refractivity contribution >= 4 is 23.1 Å². The summed E-state index contributed by atoms with van der Waals surface area (Å²) < 4.78 is 43.5. The van der Waals surface area contributed by atoms with Crippen LogP contribution in [0.5, 0.6) is 11.5 Å². The third-order valence-corrected chi connectivity index (χ3v) is 3.71. The van der Waals surface area contributed by atoms with Crippen LogP contribution >= 0.6 is 11.6 Å². The van der Waals surface area contributed by atoms with Crippen LogP contribution in [0.2, 0.25) is 0 Å². The van der Waals surface area contributed by atoms with Crippen molar-refractivity contribution in [1.82, 2.24) is 4.98 Å². The van der Waals surface area contributed by atoms with Crippen molar-refractivity contribution in [3.8, 4) is 11.5 Å². The summed E-state index contributed by atoms with van der Waals surface area (Å²) >= 11 is 6.14. The van der Waals surface area contributed by atoms with E-state index in [9.17, 15) is 13.2 Å². The molecule has 4 N–H and O–H groups in total. The molecule has 2 heterocycles. The van der Waals surface area contributed by atoms with Gasteiger partial charge >= 0.3 is 6.18 Å². The number of alkyl halides is 3. The maximum absolute atomic E-state index is 12.7. The lowest BCUT2D eigenvalue weighted by molar-refractivity contribution is -0.141. The molecule has 1 aliphatic heterocycles. The molecule has 10 heteroatoms. The van der Waals surface area contributed by atoms with Crippen molar-refractivity contribution in [2.24, 2.45) is 16.5 Å². The molecular weight excluding hydrogens is 371 g/mol. The molecule has 0 spiro atoms. The van der Waals surface area contributed by atoms with Gasteiger partial charge in [-0.05, 0) is 30.3 Å². The molecule has 0 saturated carbocycles. The van der Waals surface area contributed by atoms with Crippen LogP contribution in [0.25, 0.3) is 0 Å². The fourth-order valence-corrected chi connectivity index (χ4v) is 2.59. The summed E-state index contributed by atoms with van der Waals surface area (Å²) in [5.41, 5.74) is 11.1. The Bertz CT molecular complexity index is 867. The number of hydrogen-bond donors (Lipinski definition) is 2. The Labute approximate surface area is 151 Å². The molecule has 2 aromatic rings. The molecule has 0 radical (unpaired) electrons. The van der Waals surface area contributed by atoms with E-state index < -0.39 is 18.2 Å². The highest BCUT2D eigenvalue weighted by Crippen LogP contribution is 2.32. The van der Waals surface area contributed by atoms with Gasteiger partial charge in [0.1, 0.15) is 28.2 Å². The molecule has 6 nitrogen and oxygen atoms in total. The van der Waals surface area contributed by atoms with E-state index >= 15 is 0 Å². The Morgan fingerprint density at radius 1 is 1.12 bits per heavy atom. The van der Waals surface area contributed by atoms with Gasteiger partial charge in [-0.3, -0.25) is 15.6 Å². The summed E-state index contributed by atoms with van der Waals surface area (Å²) in [6.45, 7) is 0. The van der Waals surface area contributed by atoms with E-state index in [2.05, 4.69) is 9.98 Å². The minimum Gasteiger partial charge on any atom is -0.457 e. The molecule has 0 aliphatic carbocycles. The van der Waals surface area contributed by atoms with Crippen LogP contribution in [-0.4, -0.2) is 17.1 Å². The number of aliphatic imine (C=N–C) groups is 1. The first kappa shape index (κ1) is 18.0. The Morgan fingerprint density at radius 3 is 2.42 bits per heavy atom. The number of nitrogens with zero attached hydrogens (tertiary/aromatic N) is 3. The summed E-state index contributed by atoms with van der Waals surface area (Å²) in [6, 6.07) is 8.60. The fraction of sp³-hybridized carbons (Fsp3) is 0.125. The van der Waals surface area contributed by atoms with Crippen LogP contribution in [-0.2, 0) is 6.18 Å². The monoisotopic (exact) mass is 383 g/mol. The number of amidine groups is 1. The van der Waals surface area contributed by atoms with Crippen molar-refractivity contribution in [3.05, 3.63) is 59.5 Å². The zero-order chi connectivity index (χ0) is 18.9. The lowest BCUT2D eigenvalue weighted by atomic mass is 10.2. The minimum atomic E-state index is -4.54. The molecule has 136 valence electrons. The van der Waals surface area contributed by atoms with Crippen molar-refractivity contribution in [3.63, 3.8) is 0 Å². The van der Waals surface area contributed by atoms with Gasteiger partial charge in [0.2, 0.25) is 0 Å². The summed E-state index contributed by atoms with van der Waals surface area (Å²) in [5.74, 6) is 0.573. The lowest BCUT2D eigenvalue weighted by Crippen LogP contribution is -2.43. The second kappa shape index (κ2) is 6.85. The first-order valence-electron chi connectivity index (χ1n) is 7.30. The summed E-state index contributed by atoms with van der Waals surface area (Å²) in [4.78, 5) is 8.83. The van der Waals surface area contributed by atoms with Crippen LogP contribution in [0, 0.1) is 0 Å². The summed E-state index contributed by atoms with van der Waals surface area (Å²) in [5, 5.41) is 0.294. The van der Waals surface area contributed by atoms with Gasteiger partial charge in [-0.15, -0.1) is 0 Å². The molecule has 1 unspecified atom stereocenters. The molecule has 1 aromatic heterocycles. The molecule has 1 atom stereocenters. The predicted molar refractivity (Wildman–Crippen MR) is 91.8 cm³/mol. The highest BCUT2D eigenvalue weighted by molar-refractivity contribution is 6.33. The number of halogens is 4. The molecular formula is C16H13ClF3N5O. The Balaban J connectivity index is 1.78. The van der Waals surface area contributed by atoms with E-state index in [1.807, 2.05) is 0 Å².